The molecular formula is C14H14FN3O. The van der Waals surface area contributed by atoms with Gasteiger partial charge in [0.15, 0.2) is 0 Å². The van der Waals surface area contributed by atoms with Crippen molar-refractivity contribution >= 4 is 23.0 Å². The number of nitrogens with two attached hydrogens (primary N) is 2. The number of halogens is 1. The summed E-state index contributed by atoms with van der Waals surface area (Å²) in [5, 5.41) is 2.98. The summed E-state index contributed by atoms with van der Waals surface area (Å²) in [4.78, 5) is 11.3. The van der Waals surface area contributed by atoms with Crippen LogP contribution in [-0.4, -0.2) is 5.91 Å². The van der Waals surface area contributed by atoms with E-state index >= 15 is 0 Å². The molecule has 0 radical (unpaired) electrons. The van der Waals surface area contributed by atoms with Crippen LogP contribution in [0.5, 0.6) is 0 Å². The smallest absolute Gasteiger partial charge is 0.250 e. The van der Waals surface area contributed by atoms with E-state index in [-0.39, 0.29) is 5.82 Å². The van der Waals surface area contributed by atoms with Gasteiger partial charge in [-0.3, -0.25) is 4.79 Å². The predicted molar refractivity (Wildman–Crippen MR) is 73.8 cm³/mol. The van der Waals surface area contributed by atoms with Crippen LogP contribution in [0.2, 0.25) is 0 Å². The molecule has 0 aliphatic heterocycles. The first-order valence-corrected chi connectivity index (χ1v) is 5.70. The van der Waals surface area contributed by atoms with Crippen LogP contribution in [0.1, 0.15) is 15.9 Å². The fourth-order valence-corrected chi connectivity index (χ4v) is 1.75. The molecule has 5 N–H and O–H groups in total. The Morgan fingerprint density at radius 1 is 1.16 bits per heavy atom. The lowest BCUT2D eigenvalue weighted by Crippen LogP contribution is -2.13. The minimum Gasteiger partial charge on any atom is -0.399 e. The molecule has 0 aliphatic rings. The highest BCUT2D eigenvalue weighted by Gasteiger charge is 2.10. The summed E-state index contributed by atoms with van der Waals surface area (Å²) in [6.45, 7) is 1.83. The molecule has 0 bridgehead atoms. The third-order valence-corrected chi connectivity index (χ3v) is 2.78. The Morgan fingerprint density at radius 2 is 1.89 bits per heavy atom. The molecule has 0 heterocycles. The number of nitrogen functional groups attached to an aromatic ring is 1. The molecule has 19 heavy (non-hydrogen) atoms. The Balaban J connectivity index is 2.45. The molecule has 0 spiro atoms. The molecule has 0 aromatic heterocycles. The molecule has 0 unspecified atom stereocenters. The van der Waals surface area contributed by atoms with Crippen LogP contribution in [-0.2, 0) is 0 Å². The van der Waals surface area contributed by atoms with Gasteiger partial charge in [0.25, 0.3) is 5.91 Å². The zero-order chi connectivity index (χ0) is 14.0. The molecule has 0 saturated heterocycles. The standard InChI is InChI=1S/C14H14FN3O/c1-8-2-3-9(15)6-12(8)18-13-7-10(16)4-5-11(13)14(17)19/h2-7,18H,16H2,1H3,(H2,17,19). The summed E-state index contributed by atoms with van der Waals surface area (Å²) in [6.07, 6.45) is 0. The summed E-state index contributed by atoms with van der Waals surface area (Å²) in [7, 11) is 0. The van der Waals surface area contributed by atoms with Crippen molar-refractivity contribution in [2.45, 2.75) is 6.92 Å². The first-order chi connectivity index (χ1) is 8.97. The molecule has 4 nitrogen and oxygen atoms in total. The Hall–Kier alpha value is -2.56. The van der Waals surface area contributed by atoms with Gasteiger partial charge in [0.1, 0.15) is 5.82 Å². The highest BCUT2D eigenvalue weighted by Crippen LogP contribution is 2.26. The summed E-state index contributed by atoms with van der Waals surface area (Å²) < 4.78 is 13.2. The third-order valence-electron chi connectivity index (χ3n) is 2.78. The maximum Gasteiger partial charge on any atom is 0.250 e. The number of hydrogen-bond acceptors (Lipinski definition) is 3. The molecule has 0 saturated carbocycles. The molecule has 0 aliphatic carbocycles. The Labute approximate surface area is 110 Å². The number of aryl methyl sites for hydroxylation is 1. The first-order valence-electron chi connectivity index (χ1n) is 5.70. The monoisotopic (exact) mass is 259 g/mol. The number of primary amides is 1. The number of carbonyl (C=O) groups excluding carboxylic acids is 1. The molecule has 2 aromatic rings. The first kappa shape index (κ1) is 12.9. The number of benzene rings is 2. The summed E-state index contributed by atoms with van der Waals surface area (Å²) >= 11 is 0. The lowest BCUT2D eigenvalue weighted by molar-refractivity contribution is 0.100. The largest absolute Gasteiger partial charge is 0.399 e. The van der Waals surface area contributed by atoms with E-state index in [0.717, 1.165) is 5.56 Å². The van der Waals surface area contributed by atoms with Crippen molar-refractivity contribution in [2.75, 3.05) is 11.1 Å². The van der Waals surface area contributed by atoms with Gasteiger partial charge in [-0.2, -0.15) is 0 Å². The fourth-order valence-electron chi connectivity index (χ4n) is 1.75. The fraction of sp³-hybridized carbons (Fsp3) is 0.0714. The summed E-state index contributed by atoms with van der Waals surface area (Å²) in [5.74, 6) is -0.936. The Morgan fingerprint density at radius 3 is 2.58 bits per heavy atom. The van der Waals surface area contributed by atoms with Gasteiger partial charge in [0, 0.05) is 11.4 Å². The Bertz CT molecular complexity index is 641. The van der Waals surface area contributed by atoms with Crippen molar-refractivity contribution in [2.24, 2.45) is 5.73 Å². The van der Waals surface area contributed by atoms with E-state index in [1.54, 1.807) is 18.2 Å². The van der Waals surface area contributed by atoms with Crippen LogP contribution in [0.4, 0.5) is 21.5 Å². The van der Waals surface area contributed by atoms with E-state index in [9.17, 15) is 9.18 Å². The van der Waals surface area contributed by atoms with E-state index in [1.165, 1.54) is 18.2 Å². The zero-order valence-electron chi connectivity index (χ0n) is 10.4. The van der Waals surface area contributed by atoms with Crippen molar-refractivity contribution in [3.05, 3.63) is 53.3 Å². The summed E-state index contributed by atoms with van der Waals surface area (Å²) in [5.41, 5.74) is 13.6. The van der Waals surface area contributed by atoms with Crippen LogP contribution < -0.4 is 16.8 Å². The molecule has 98 valence electrons. The van der Waals surface area contributed by atoms with Crippen molar-refractivity contribution in [3.8, 4) is 0 Å². The predicted octanol–water partition coefficient (Wildman–Crippen LogP) is 2.56. The van der Waals surface area contributed by atoms with E-state index in [4.69, 9.17) is 11.5 Å². The molecule has 0 fully saturated rings. The maximum absolute atomic E-state index is 13.2. The van der Waals surface area contributed by atoms with Crippen molar-refractivity contribution in [1.82, 2.24) is 0 Å². The number of hydrogen-bond donors (Lipinski definition) is 3. The quantitative estimate of drug-likeness (QED) is 0.741. The number of anilines is 3. The van der Waals surface area contributed by atoms with E-state index in [2.05, 4.69) is 5.32 Å². The van der Waals surface area contributed by atoms with Gasteiger partial charge in [-0.15, -0.1) is 0 Å². The van der Waals surface area contributed by atoms with Gasteiger partial charge >= 0.3 is 0 Å². The highest BCUT2D eigenvalue weighted by atomic mass is 19.1. The molecule has 2 rings (SSSR count). The van der Waals surface area contributed by atoms with E-state index in [0.29, 0.717) is 22.6 Å². The minimum absolute atomic E-state index is 0.304. The van der Waals surface area contributed by atoms with Gasteiger partial charge < -0.3 is 16.8 Å². The molecular weight excluding hydrogens is 245 g/mol. The van der Waals surface area contributed by atoms with Crippen LogP contribution in [0.15, 0.2) is 36.4 Å². The lowest BCUT2D eigenvalue weighted by Gasteiger charge is -2.13. The van der Waals surface area contributed by atoms with Crippen LogP contribution >= 0.6 is 0 Å². The van der Waals surface area contributed by atoms with Gasteiger partial charge in [0.2, 0.25) is 0 Å². The van der Waals surface area contributed by atoms with Gasteiger partial charge in [-0.1, -0.05) is 6.07 Å². The number of amides is 1. The van der Waals surface area contributed by atoms with Gasteiger partial charge in [-0.05, 0) is 42.8 Å². The number of rotatable bonds is 3. The second-order valence-electron chi connectivity index (χ2n) is 4.25. The maximum atomic E-state index is 13.2. The third kappa shape index (κ3) is 2.82. The number of carbonyl (C=O) groups is 1. The molecule has 1 amide bonds. The SMILES string of the molecule is Cc1ccc(F)cc1Nc1cc(N)ccc1C(N)=O. The van der Waals surface area contributed by atoms with Crippen molar-refractivity contribution < 1.29 is 9.18 Å². The van der Waals surface area contributed by atoms with Crippen molar-refractivity contribution in [1.29, 1.82) is 0 Å². The molecule has 2 aromatic carbocycles. The second kappa shape index (κ2) is 4.97. The minimum atomic E-state index is -0.573. The average molecular weight is 259 g/mol. The zero-order valence-corrected chi connectivity index (χ0v) is 10.4. The lowest BCUT2D eigenvalue weighted by atomic mass is 10.1. The van der Waals surface area contributed by atoms with Gasteiger partial charge in [-0.25, -0.2) is 4.39 Å². The van der Waals surface area contributed by atoms with Crippen LogP contribution in [0.25, 0.3) is 0 Å². The Kier molecular flexibility index (Phi) is 3.37. The second-order valence-corrected chi connectivity index (χ2v) is 4.25. The van der Waals surface area contributed by atoms with E-state index < -0.39 is 5.91 Å². The summed E-state index contributed by atoms with van der Waals surface area (Å²) in [6, 6.07) is 9.08. The molecule has 0 atom stereocenters. The van der Waals surface area contributed by atoms with E-state index in [1.807, 2.05) is 6.92 Å². The average Bonchev–Trinajstić information content (AvgIpc) is 2.33. The van der Waals surface area contributed by atoms with Gasteiger partial charge in [0.05, 0.1) is 11.3 Å². The normalized spacial score (nSPS) is 10.2. The highest BCUT2D eigenvalue weighted by molar-refractivity contribution is 6.00. The molecule has 5 heteroatoms. The van der Waals surface area contributed by atoms with Crippen molar-refractivity contribution in [3.63, 3.8) is 0 Å². The van der Waals surface area contributed by atoms with Crippen LogP contribution in [0.3, 0.4) is 0 Å². The van der Waals surface area contributed by atoms with Crippen LogP contribution in [0, 0.1) is 12.7 Å². The number of nitrogens with one attached hydrogen (secondary N) is 1. The topological polar surface area (TPSA) is 81.1 Å².